The average molecular weight is 418 g/mol. The number of fused-ring (bicyclic) bond motifs is 2. The normalized spacial score (nSPS) is 18.2. The van der Waals surface area contributed by atoms with Gasteiger partial charge in [0, 0.05) is 43.0 Å². The van der Waals surface area contributed by atoms with Crippen LogP contribution in [-0.2, 0) is 18.5 Å². The Morgan fingerprint density at radius 2 is 1.97 bits per heavy atom. The van der Waals surface area contributed by atoms with Crippen molar-refractivity contribution in [3.63, 3.8) is 0 Å². The number of rotatable bonds is 3. The largest absolute Gasteiger partial charge is 0.361 e. The first-order valence-corrected chi connectivity index (χ1v) is 10.8. The molecule has 2 aliphatic rings. The molecule has 3 aromatic rings. The van der Waals surface area contributed by atoms with E-state index >= 15 is 0 Å². The molecule has 0 bridgehead atoms. The van der Waals surface area contributed by atoms with Gasteiger partial charge in [-0.3, -0.25) is 14.7 Å². The summed E-state index contributed by atoms with van der Waals surface area (Å²) < 4.78 is 5.34. The van der Waals surface area contributed by atoms with E-state index in [-0.39, 0.29) is 11.3 Å². The minimum Gasteiger partial charge on any atom is -0.361 e. The van der Waals surface area contributed by atoms with E-state index in [0.29, 0.717) is 12.2 Å². The van der Waals surface area contributed by atoms with Gasteiger partial charge in [-0.05, 0) is 50.9 Å². The zero-order valence-electron chi connectivity index (χ0n) is 18.0. The van der Waals surface area contributed by atoms with E-state index in [4.69, 9.17) is 4.52 Å². The SMILES string of the molecule is Cc1noc(C)c1CN1CCC2(CC1)CN(C(=O)c1cnccn1)Cc1ccccc12. The van der Waals surface area contributed by atoms with Gasteiger partial charge >= 0.3 is 0 Å². The van der Waals surface area contributed by atoms with Crippen molar-refractivity contribution in [1.82, 2.24) is 24.9 Å². The molecular weight excluding hydrogens is 390 g/mol. The fourth-order valence-corrected chi connectivity index (χ4v) is 5.12. The number of amides is 1. The standard InChI is InChI=1S/C24H27N5O2/c1-17-20(18(2)31-27-17)15-28-11-7-24(8-12-28)16-29(14-19-5-3-4-6-21(19)24)23(30)22-13-25-9-10-26-22/h3-6,9-10,13H,7-8,11-12,14-16H2,1-2H3. The van der Waals surface area contributed by atoms with Gasteiger partial charge in [0.15, 0.2) is 0 Å². The van der Waals surface area contributed by atoms with E-state index < -0.39 is 0 Å². The molecule has 5 rings (SSSR count). The lowest BCUT2D eigenvalue weighted by atomic mass is 9.68. The lowest BCUT2D eigenvalue weighted by Gasteiger charge is -2.48. The Kier molecular flexibility index (Phi) is 5.06. The van der Waals surface area contributed by atoms with Crippen LogP contribution in [0.4, 0.5) is 0 Å². The Bertz CT molecular complexity index is 1070. The highest BCUT2D eigenvalue weighted by Gasteiger charge is 2.43. The van der Waals surface area contributed by atoms with Crippen molar-refractivity contribution >= 4 is 5.91 Å². The second-order valence-corrected chi connectivity index (χ2v) is 8.77. The van der Waals surface area contributed by atoms with Crippen molar-refractivity contribution in [1.29, 1.82) is 0 Å². The van der Waals surface area contributed by atoms with Crippen LogP contribution in [0.15, 0.2) is 47.4 Å². The number of carbonyl (C=O) groups is 1. The molecule has 1 amide bonds. The van der Waals surface area contributed by atoms with E-state index in [1.807, 2.05) is 18.7 Å². The molecule has 1 aromatic carbocycles. The molecule has 7 nitrogen and oxygen atoms in total. The second kappa shape index (κ2) is 7.89. The predicted molar refractivity (Wildman–Crippen MR) is 115 cm³/mol. The third kappa shape index (κ3) is 3.63. The van der Waals surface area contributed by atoms with E-state index in [0.717, 1.165) is 50.5 Å². The maximum absolute atomic E-state index is 13.2. The maximum Gasteiger partial charge on any atom is 0.274 e. The molecule has 0 radical (unpaired) electrons. The topological polar surface area (TPSA) is 75.4 Å². The zero-order chi connectivity index (χ0) is 21.4. The molecule has 0 atom stereocenters. The van der Waals surface area contributed by atoms with Crippen molar-refractivity contribution in [2.45, 2.75) is 45.2 Å². The molecule has 1 spiro atoms. The number of likely N-dealkylation sites (tertiary alicyclic amines) is 1. The molecule has 0 N–H and O–H groups in total. The molecule has 1 fully saturated rings. The highest BCUT2D eigenvalue weighted by Crippen LogP contribution is 2.42. The molecule has 160 valence electrons. The number of aryl methyl sites for hydroxylation is 2. The van der Waals surface area contributed by atoms with Gasteiger partial charge in [0.2, 0.25) is 0 Å². The van der Waals surface area contributed by atoms with Crippen LogP contribution in [0.2, 0.25) is 0 Å². The fourth-order valence-electron chi connectivity index (χ4n) is 5.12. The second-order valence-electron chi connectivity index (χ2n) is 8.77. The molecule has 1 saturated heterocycles. The zero-order valence-corrected chi connectivity index (χ0v) is 18.0. The van der Waals surface area contributed by atoms with Crippen LogP contribution in [-0.4, -0.2) is 50.5 Å². The number of benzene rings is 1. The van der Waals surface area contributed by atoms with Crippen molar-refractivity contribution in [2.24, 2.45) is 0 Å². The van der Waals surface area contributed by atoms with Crippen LogP contribution < -0.4 is 0 Å². The van der Waals surface area contributed by atoms with Crippen LogP contribution >= 0.6 is 0 Å². The van der Waals surface area contributed by atoms with E-state index in [1.165, 1.54) is 16.7 Å². The minimum atomic E-state index is -0.0415. The Hall–Kier alpha value is -3.06. The average Bonchev–Trinajstić information content (AvgIpc) is 3.13. The number of aromatic nitrogens is 3. The molecule has 0 aliphatic carbocycles. The number of nitrogens with zero attached hydrogens (tertiary/aromatic N) is 5. The van der Waals surface area contributed by atoms with Crippen LogP contribution in [0.3, 0.4) is 0 Å². The van der Waals surface area contributed by atoms with Gasteiger partial charge in [0.05, 0.1) is 11.9 Å². The van der Waals surface area contributed by atoms with Gasteiger partial charge in [-0.25, -0.2) is 4.98 Å². The smallest absolute Gasteiger partial charge is 0.274 e. The molecule has 31 heavy (non-hydrogen) atoms. The molecule has 7 heteroatoms. The first kappa shape index (κ1) is 19.9. The monoisotopic (exact) mass is 417 g/mol. The first-order chi connectivity index (χ1) is 15.1. The number of hydrogen-bond acceptors (Lipinski definition) is 6. The van der Waals surface area contributed by atoms with E-state index in [2.05, 4.69) is 44.3 Å². The van der Waals surface area contributed by atoms with Crippen molar-refractivity contribution in [2.75, 3.05) is 19.6 Å². The summed E-state index contributed by atoms with van der Waals surface area (Å²) in [4.78, 5) is 25.9. The van der Waals surface area contributed by atoms with Crippen molar-refractivity contribution in [3.8, 4) is 0 Å². The molecule has 0 unspecified atom stereocenters. The summed E-state index contributed by atoms with van der Waals surface area (Å²) in [6.07, 6.45) is 6.75. The van der Waals surface area contributed by atoms with Crippen molar-refractivity contribution in [3.05, 3.63) is 76.7 Å². The van der Waals surface area contributed by atoms with Crippen LogP contribution in [0.25, 0.3) is 0 Å². The quantitative estimate of drug-likeness (QED) is 0.651. The van der Waals surface area contributed by atoms with Crippen LogP contribution in [0.5, 0.6) is 0 Å². The summed E-state index contributed by atoms with van der Waals surface area (Å²) in [6.45, 7) is 8.14. The maximum atomic E-state index is 13.2. The van der Waals surface area contributed by atoms with Gasteiger partial charge in [0.1, 0.15) is 11.5 Å². The summed E-state index contributed by atoms with van der Waals surface area (Å²) in [5.41, 5.74) is 5.19. The van der Waals surface area contributed by atoms with E-state index in [9.17, 15) is 4.79 Å². The molecular formula is C24H27N5O2. The molecule has 2 aliphatic heterocycles. The van der Waals surface area contributed by atoms with Gasteiger partial charge in [-0.1, -0.05) is 29.4 Å². The third-order valence-corrected chi connectivity index (χ3v) is 6.89. The lowest BCUT2D eigenvalue weighted by molar-refractivity contribution is 0.0567. The summed E-state index contributed by atoms with van der Waals surface area (Å²) >= 11 is 0. The van der Waals surface area contributed by atoms with Gasteiger partial charge in [0.25, 0.3) is 5.91 Å². The Morgan fingerprint density at radius 3 is 2.68 bits per heavy atom. The van der Waals surface area contributed by atoms with Gasteiger partial charge in [-0.15, -0.1) is 0 Å². The highest BCUT2D eigenvalue weighted by molar-refractivity contribution is 5.92. The number of carbonyl (C=O) groups excluding carboxylic acids is 1. The molecule has 2 aromatic heterocycles. The number of hydrogen-bond donors (Lipinski definition) is 0. The Balaban J connectivity index is 1.38. The third-order valence-electron chi connectivity index (χ3n) is 6.89. The van der Waals surface area contributed by atoms with Gasteiger partial charge in [-0.2, -0.15) is 0 Å². The fraction of sp³-hybridized carbons (Fsp3) is 0.417. The Morgan fingerprint density at radius 1 is 1.16 bits per heavy atom. The number of piperidine rings is 1. The highest BCUT2D eigenvalue weighted by atomic mass is 16.5. The molecule has 0 saturated carbocycles. The minimum absolute atomic E-state index is 0.0258. The van der Waals surface area contributed by atoms with E-state index in [1.54, 1.807) is 18.6 Å². The van der Waals surface area contributed by atoms with Gasteiger partial charge < -0.3 is 9.42 Å². The lowest BCUT2D eigenvalue weighted by Crippen LogP contribution is -2.53. The Labute approximate surface area is 182 Å². The summed E-state index contributed by atoms with van der Waals surface area (Å²) in [5.74, 6) is 0.863. The molecule has 4 heterocycles. The van der Waals surface area contributed by atoms with Crippen LogP contribution in [0.1, 0.15) is 51.5 Å². The summed E-state index contributed by atoms with van der Waals surface area (Å²) in [6, 6.07) is 8.60. The van der Waals surface area contributed by atoms with Crippen molar-refractivity contribution < 1.29 is 9.32 Å². The summed E-state index contributed by atoms with van der Waals surface area (Å²) in [7, 11) is 0. The van der Waals surface area contributed by atoms with Crippen LogP contribution in [0, 0.1) is 13.8 Å². The first-order valence-electron chi connectivity index (χ1n) is 10.8. The predicted octanol–water partition coefficient (Wildman–Crippen LogP) is 3.27. The summed E-state index contributed by atoms with van der Waals surface area (Å²) in [5, 5.41) is 4.10.